The standard InChI is InChI=1S/C9H17NO/c1-2-3-4-7-11-10-8-9-5-6-9/h8-9H,2-7H2,1H3/b10-8+. The molecule has 0 unspecified atom stereocenters. The van der Waals surface area contributed by atoms with Gasteiger partial charge in [0.1, 0.15) is 6.61 Å². The Bertz CT molecular complexity index is 119. The summed E-state index contributed by atoms with van der Waals surface area (Å²) in [6.45, 7) is 2.98. The topological polar surface area (TPSA) is 21.6 Å². The van der Waals surface area contributed by atoms with Gasteiger partial charge in [0.25, 0.3) is 0 Å². The average molecular weight is 155 g/mol. The minimum absolute atomic E-state index is 0.737. The van der Waals surface area contributed by atoms with Gasteiger partial charge in [-0.2, -0.15) is 0 Å². The summed E-state index contributed by atoms with van der Waals surface area (Å²) in [6.07, 6.45) is 8.18. The molecule has 0 spiro atoms. The maximum absolute atomic E-state index is 5.06. The highest BCUT2D eigenvalue weighted by atomic mass is 16.6. The van der Waals surface area contributed by atoms with Crippen LogP contribution in [0.5, 0.6) is 0 Å². The highest BCUT2D eigenvalue weighted by Gasteiger charge is 2.18. The molecule has 1 aliphatic rings. The zero-order valence-electron chi connectivity index (χ0n) is 7.25. The average Bonchev–Trinajstić information content (AvgIpc) is 2.80. The molecule has 0 heterocycles. The van der Waals surface area contributed by atoms with E-state index in [1.54, 1.807) is 0 Å². The van der Waals surface area contributed by atoms with Crippen molar-refractivity contribution in [3.05, 3.63) is 0 Å². The third-order valence-electron chi connectivity index (χ3n) is 1.81. The monoisotopic (exact) mass is 155 g/mol. The maximum Gasteiger partial charge on any atom is 0.117 e. The molecule has 0 aromatic carbocycles. The lowest BCUT2D eigenvalue weighted by molar-refractivity contribution is 0.141. The highest BCUT2D eigenvalue weighted by molar-refractivity contribution is 5.62. The first-order valence-electron chi connectivity index (χ1n) is 4.59. The van der Waals surface area contributed by atoms with Crippen molar-refractivity contribution in [3.63, 3.8) is 0 Å². The van der Waals surface area contributed by atoms with Gasteiger partial charge in [-0.1, -0.05) is 24.9 Å². The predicted octanol–water partition coefficient (Wildman–Crippen LogP) is 2.59. The second-order valence-electron chi connectivity index (χ2n) is 3.13. The first-order valence-corrected chi connectivity index (χ1v) is 4.59. The number of hydrogen-bond donors (Lipinski definition) is 0. The molecule has 1 saturated carbocycles. The molecule has 2 heteroatoms. The minimum Gasteiger partial charge on any atom is -0.396 e. The van der Waals surface area contributed by atoms with Crippen molar-refractivity contribution in [2.24, 2.45) is 11.1 Å². The third-order valence-corrected chi connectivity index (χ3v) is 1.81. The number of nitrogens with zero attached hydrogens (tertiary/aromatic N) is 1. The molecular formula is C9H17NO. The van der Waals surface area contributed by atoms with Crippen LogP contribution in [-0.4, -0.2) is 12.8 Å². The molecule has 0 aromatic rings. The summed E-state index contributed by atoms with van der Waals surface area (Å²) in [5, 5.41) is 3.88. The van der Waals surface area contributed by atoms with E-state index < -0.39 is 0 Å². The number of rotatable bonds is 6. The normalized spacial score (nSPS) is 17.5. The summed E-state index contributed by atoms with van der Waals surface area (Å²) in [5.74, 6) is 0.737. The van der Waals surface area contributed by atoms with Crippen molar-refractivity contribution in [1.29, 1.82) is 0 Å². The Hall–Kier alpha value is -0.530. The number of unbranched alkanes of at least 4 members (excludes halogenated alkanes) is 2. The Morgan fingerprint density at radius 1 is 1.45 bits per heavy atom. The summed E-state index contributed by atoms with van der Waals surface area (Å²) in [5.41, 5.74) is 0. The Kier molecular flexibility index (Phi) is 4.02. The van der Waals surface area contributed by atoms with Crippen molar-refractivity contribution in [2.75, 3.05) is 6.61 Å². The minimum atomic E-state index is 0.737. The molecule has 1 rings (SSSR count). The molecule has 1 aliphatic carbocycles. The summed E-state index contributed by atoms with van der Waals surface area (Å²) in [4.78, 5) is 5.06. The molecule has 0 amide bonds. The zero-order valence-corrected chi connectivity index (χ0v) is 7.25. The van der Waals surface area contributed by atoms with E-state index in [0.717, 1.165) is 18.9 Å². The van der Waals surface area contributed by atoms with Crippen LogP contribution < -0.4 is 0 Å². The van der Waals surface area contributed by atoms with Gasteiger partial charge in [-0.05, 0) is 25.2 Å². The maximum atomic E-state index is 5.06. The smallest absolute Gasteiger partial charge is 0.117 e. The molecule has 0 radical (unpaired) electrons. The zero-order chi connectivity index (χ0) is 7.94. The molecule has 0 N–H and O–H groups in total. The van der Waals surface area contributed by atoms with Gasteiger partial charge in [-0.25, -0.2) is 0 Å². The van der Waals surface area contributed by atoms with Crippen LogP contribution in [-0.2, 0) is 4.84 Å². The van der Waals surface area contributed by atoms with Crippen LogP contribution in [0.2, 0.25) is 0 Å². The first kappa shape index (κ1) is 8.57. The van der Waals surface area contributed by atoms with E-state index in [2.05, 4.69) is 12.1 Å². The van der Waals surface area contributed by atoms with E-state index in [0.29, 0.717) is 0 Å². The summed E-state index contributed by atoms with van der Waals surface area (Å²) >= 11 is 0. The largest absolute Gasteiger partial charge is 0.396 e. The lowest BCUT2D eigenvalue weighted by atomic mass is 10.3. The molecule has 0 aliphatic heterocycles. The van der Waals surface area contributed by atoms with Gasteiger partial charge in [-0.15, -0.1) is 0 Å². The Morgan fingerprint density at radius 3 is 2.91 bits per heavy atom. The third kappa shape index (κ3) is 4.82. The fraction of sp³-hybridized carbons (Fsp3) is 0.889. The first-order chi connectivity index (χ1) is 5.43. The van der Waals surface area contributed by atoms with Gasteiger partial charge in [0, 0.05) is 6.21 Å². The fourth-order valence-corrected chi connectivity index (χ4v) is 0.844. The second-order valence-corrected chi connectivity index (χ2v) is 3.13. The van der Waals surface area contributed by atoms with Crippen LogP contribution in [0.1, 0.15) is 39.0 Å². The van der Waals surface area contributed by atoms with Crippen LogP contribution in [0.3, 0.4) is 0 Å². The molecule has 1 fully saturated rings. The van der Waals surface area contributed by atoms with Gasteiger partial charge in [0.15, 0.2) is 0 Å². The summed E-state index contributed by atoms with van der Waals surface area (Å²) in [6, 6.07) is 0. The molecule has 11 heavy (non-hydrogen) atoms. The van der Waals surface area contributed by atoms with Crippen molar-refractivity contribution in [3.8, 4) is 0 Å². The van der Waals surface area contributed by atoms with E-state index in [1.807, 2.05) is 6.21 Å². The highest BCUT2D eigenvalue weighted by Crippen LogP contribution is 2.26. The number of hydrogen-bond acceptors (Lipinski definition) is 2. The molecule has 64 valence electrons. The van der Waals surface area contributed by atoms with Crippen LogP contribution in [0.25, 0.3) is 0 Å². The van der Waals surface area contributed by atoms with E-state index in [-0.39, 0.29) is 0 Å². The van der Waals surface area contributed by atoms with Crippen molar-refractivity contribution in [1.82, 2.24) is 0 Å². The van der Waals surface area contributed by atoms with E-state index >= 15 is 0 Å². The Balaban J connectivity index is 1.79. The van der Waals surface area contributed by atoms with Crippen LogP contribution in [0.15, 0.2) is 5.16 Å². The Morgan fingerprint density at radius 2 is 2.27 bits per heavy atom. The van der Waals surface area contributed by atoms with Crippen molar-refractivity contribution >= 4 is 6.21 Å². The van der Waals surface area contributed by atoms with Gasteiger partial charge in [0.05, 0.1) is 0 Å². The van der Waals surface area contributed by atoms with Gasteiger partial charge < -0.3 is 4.84 Å². The lowest BCUT2D eigenvalue weighted by Gasteiger charge is -1.95. The predicted molar refractivity (Wildman–Crippen MR) is 46.7 cm³/mol. The lowest BCUT2D eigenvalue weighted by Crippen LogP contribution is -1.88. The second kappa shape index (κ2) is 5.16. The van der Waals surface area contributed by atoms with Crippen molar-refractivity contribution in [2.45, 2.75) is 39.0 Å². The van der Waals surface area contributed by atoms with Gasteiger partial charge in [-0.3, -0.25) is 0 Å². The summed E-state index contributed by atoms with van der Waals surface area (Å²) in [7, 11) is 0. The Labute approximate surface area is 68.6 Å². The van der Waals surface area contributed by atoms with Crippen LogP contribution in [0, 0.1) is 5.92 Å². The molecule has 2 nitrogen and oxygen atoms in total. The molecule has 0 atom stereocenters. The molecule has 0 bridgehead atoms. The summed E-state index contributed by atoms with van der Waals surface area (Å²) < 4.78 is 0. The SMILES string of the molecule is CCCCCO/N=C/C1CC1. The van der Waals surface area contributed by atoms with Crippen LogP contribution >= 0.6 is 0 Å². The molecule has 0 aromatic heterocycles. The van der Waals surface area contributed by atoms with Crippen LogP contribution in [0.4, 0.5) is 0 Å². The quantitative estimate of drug-likeness (QED) is 0.328. The number of oxime groups is 1. The molecule has 0 saturated heterocycles. The molecular weight excluding hydrogens is 138 g/mol. The van der Waals surface area contributed by atoms with Gasteiger partial charge >= 0.3 is 0 Å². The van der Waals surface area contributed by atoms with E-state index in [1.165, 1.54) is 25.7 Å². The van der Waals surface area contributed by atoms with E-state index in [4.69, 9.17) is 4.84 Å². The van der Waals surface area contributed by atoms with Gasteiger partial charge in [0.2, 0.25) is 0 Å². The van der Waals surface area contributed by atoms with E-state index in [9.17, 15) is 0 Å². The van der Waals surface area contributed by atoms with Crippen molar-refractivity contribution < 1.29 is 4.84 Å². The fourth-order valence-electron chi connectivity index (χ4n) is 0.844.